The van der Waals surface area contributed by atoms with Crippen molar-refractivity contribution in [3.63, 3.8) is 0 Å². The highest BCUT2D eigenvalue weighted by Crippen LogP contribution is 2.37. The van der Waals surface area contributed by atoms with E-state index in [0.29, 0.717) is 23.9 Å². The lowest BCUT2D eigenvalue weighted by molar-refractivity contribution is 0.198. The molecule has 0 bridgehead atoms. The third-order valence-electron chi connectivity index (χ3n) is 4.53. The number of hydrogen-bond acceptors (Lipinski definition) is 2. The molecular formula is C17H27ClN2. The molecule has 0 saturated heterocycles. The number of nitrogens with one attached hydrogen (secondary N) is 1. The summed E-state index contributed by atoms with van der Waals surface area (Å²) in [5, 5.41) is 4.55. The molecule has 0 amide bonds. The molecule has 0 aromatic heterocycles. The van der Waals surface area contributed by atoms with Crippen molar-refractivity contribution >= 4 is 11.6 Å². The summed E-state index contributed by atoms with van der Waals surface area (Å²) >= 11 is 5.93. The molecular weight excluding hydrogens is 268 g/mol. The Balaban J connectivity index is 1.75. The minimum absolute atomic E-state index is 0.615. The van der Waals surface area contributed by atoms with Crippen molar-refractivity contribution in [2.45, 2.75) is 44.7 Å². The summed E-state index contributed by atoms with van der Waals surface area (Å²) in [6.45, 7) is 5.68. The van der Waals surface area contributed by atoms with Crippen LogP contribution >= 0.6 is 11.6 Å². The molecule has 112 valence electrons. The summed E-state index contributed by atoms with van der Waals surface area (Å²) in [7, 11) is 4.34. The lowest BCUT2D eigenvalue weighted by Crippen LogP contribution is -2.48. The number of nitrogens with zero attached hydrogens (tertiary/aromatic N) is 1. The van der Waals surface area contributed by atoms with Gasteiger partial charge >= 0.3 is 0 Å². The van der Waals surface area contributed by atoms with E-state index in [9.17, 15) is 0 Å². The van der Waals surface area contributed by atoms with E-state index in [-0.39, 0.29) is 0 Å². The minimum atomic E-state index is 0.615. The highest BCUT2D eigenvalue weighted by Gasteiger charge is 2.30. The van der Waals surface area contributed by atoms with Gasteiger partial charge < -0.3 is 10.2 Å². The van der Waals surface area contributed by atoms with Crippen molar-refractivity contribution in [2.24, 2.45) is 5.92 Å². The van der Waals surface area contributed by atoms with Gasteiger partial charge in [-0.05, 0) is 56.5 Å². The molecule has 1 aromatic carbocycles. The molecule has 20 heavy (non-hydrogen) atoms. The third-order valence-corrected chi connectivity index (χ3v) is 4.78. The first kappa shape index (κ1) is 15.8. The Morgan fingerprint density at radius 2 is 1.80 bits per heavy atom. The van der Waals surface area contributed by atoms with Gasteiger partial charge in [0, 0.05) is 23.7 Å². The fourth-order valence-corrected chi connectivity index (χ4v) is 3.22. The number of likely N-dealkylation sites (N-methyl/N-ethyl adjacent to an activating group) is 1. The van der Waals surface area contributed by atoms with E-state index in [4.69, 9.17) is 11.6 Å². The first-order chi connectivity index (χ1) is 9.47. The highest BCUT2D eigenvalue weighted by molar-refractivity contribution is 6.30. The van der Waals surface area contributed by atoms with Crippen LogP contribution in [0, 0.1) is 5.92 Å². The predicted octanol–water partition coefficient (Wildman–Crippen LogP) is 3.76. The van der Waals surface area contributed by atoms with Gasteiger partial charge in [-0.3, -0.25) is 0 Å². The Morgan fingerprint density at radius 3 is 2.30 bits per heavy atom. The number of rotatable bonds is 6. The van der Waals surface area contributed by atoms with Gasteiger partial charge in [0.05, 0.1) is 0 Å². The quantitative estimate of drug-likeness (QED) is 0.859. The van der Waals surface area contributed by atoms with Gasteiger partial charge in [-0.25, -0.2) is 0 Å². The van der Waals surface area contributed by atoms with E-state index in [1.165, 1.54) is 18.4 Å². The monoisotopic (exact) mass is 294 g/mol. The van der Waals surface area contributed by atoms with Crippen molar-refractivity contribution in [1.82, 2.24) is 10.2 Å². The lowest BCUT2D eigenvalue weighted by atomic mass is 9.76. The smallest absolute Gasteiger partial charge is 0.0406 e. The first-order valence-corrected chi connectivity index (χ1v) is 8.00. The topological polar surface area (TPSA) is 15.3 Å². The minimum Gasteiger partial charge on any atom is -0.312 e. The maximum atomic E-state index is 5.93. The van der Waals surface area contributed by atoms with E-state index in [1.807, 2.05) is 12.1 Å². The molecule has 1 atom stereocenters. The van der Waals surface area contributed by atoms with Crippen LogP contribution in [-0.2, 0) is 0 Å². The van der Waals surface area contributed by atoms with Crippen LogP contribution in [0.4, 0.5) is 0 Å². The molecule has 0 radical (unpaired) electrons. The summed E-state index contributed by atoms with van der Waals surface area (Å²) in [5.74, 6) is 1.39. The van der Waals surface area contributed by atoms with E-state index < -0.39 is 0 Å². The second-order valence-electron chi connectivity index (χ2n) is 6.60. The van der Waals surface area contributed by atoms with E-state index in [0.717, 1.165) is 11.6 Å². The number of hydrogen-bond donors (Lipinski definition) is 1. The number of benzene rings is 1. The van der Waals surface area contributed by atoms with Gasteiger partial charge in [0.15, 0.2) is 0 Å². The summed E-state index contributed by atoms with van der Waals surface area (Å²) in [5.41, 5.74) is 1.43. The third kappa shape index (κ3) is 3.97. The maximum absolute atomic E-state index is 5.93. The molecule has 3 heteroatoms. The van der Waals surface area contributed by atoms with E-state index >= 15 is 0 Å². The van der Waals surface area contributed by atoms with Crippen LogP contribution < -0.4 is 5.32 Å². The molecule has 0 heterocycles. The zero-order chi connectivity index (χ0) is 14.7. The van der Waals surface area contributed by atoms with E-state index in [2.05, 4.69) is 50.3 Å². The predicted molar refractivity (Wildman–Crippen MR) is 87.5 cm³/mol. The zero-order valence-corrected chi connectivity index (χ0v) is 13.8. The molecule has 2 nitrogen and oxygen atoms in total. The van der Waals surface area contributed by atoms with Crippen LogP contribution in [0.3, 0.4) is 0 Å². The van der Waals surface area contributed by atoms with Gasteiger partial charge in [0.25, 0.3) is 0 Å². The zero-order valence-electron chi connectivity index (χ0n) is 13.1. The normalized spacial score (nSPS) is 23.9. The van der Waals surface area contributed by atoms with Gasteiger partial charge in [0.1, 0.15) is 0 Å². The molecule has 0 spiro atoms. The Kier molecular flexibility index (Phi) is 5.48. The molecule has 1 saturated carbocycles. The molecule has 2 rings (SSSR count). The molecule has 1 aromatic rings. The van der Waals surface area contributed by atoms with Gasteiger partial charge in [-0.1, -0.05) is 37.6 Å². The Labute approximate surface area is 128 Å². The second kappa shape index (κ2) is 6.93. The molecule has 1 aliphatic rings. The largest absolute Gasteiger partial charge is 0.312 e. The Bertz CT molecular complexity index is 400. The van der Waals surface area contributed by atoms with Crippen molar-refractivity contribution in [2.75, 3.05) is 20.6 Å². The molecule has 1 N–H and O–H groups in total. The number of halogens is 1. The van der Waals surface area contributed by atoms with Crippen molar-refractivity contribution in [1.29, 1.82) is 0 Å². The van der Waals surface area contributed by atoms with Crippen molar-refractivity contribution < 1.29 is 0 Å². The van der Waals surface area contributed by atoms with Gasteiger partial charge in [0.2, 0.25) is 0 Å². The van der Waals surface area contributed by atoms with E-state index in [1.54, 1.807) is 0 Å². The standard InChI is InChI=1S/C17H27ClN2/c1-12(2)17(20(3)4)11-19-16-9-14(10-16)13-5-7-15(18)8-6-13/h5-8,12,14,16-17,19H,9-11H2,1-4H3. The van der Waals surface area contributed by atoms with Gasteiger partial charge in [-0.2, -0.15) is 0 Å². The van der Waals surface area contributed by atoms with Crippen LogP contribution in [0.2, 0.25) is 5.02 Å². The SMILES string of the molecule is CC(C)C(CNC1CC(c2ccc(Cl)cc2)C1)N(C)C. The fraction of sp³-hybridized carbons (Fsp3) is 0.647. The molecule has 1 unspecified atom stereocenters. The van der Waals surface area contributed by atoms with Crippen LogP contribution in [0.5, 0.6) is 0 Å². The average molecular weight is 295 g/mol. The van der Waals surface area contributed by atoms with Crippen LogP contribution in [0.1, 0.15) is 38.2 Å². The highest BCUT2D eigenvalue weighted by atomic mass is 35.5. The summed E-state index contributed by atoms with van der Waals surface area (Å²) in [6.07, 6.45) is 2.50. The fourth-order valence-electron chi connectivity index (χ4n) is 3.09. The first-order valence-electron chi connectivity index (χ1n) is 7.62. The maximum Gasteiger partial charge on any atom is 0.0406 e. The molecule has 1 fully saturated rings. The average Bonchev–Trinajstić information content (AvgIpc) is 2.32. The lowest BCUT2D eigenvalue weighted by Gasteiger charge is -2.38. The van der Waals surface area contributed by atoms with Crippen LogP contribution in [0.15, 0.2) is 24.3 Å². The molecule has 0 aliphatic heterocycles. The Hall–Kier alpha value is -0.570. The molecule has 1 aliphatic carbocycles. The van der Waals surface area contributed by atoms with Crippen molar-refractivity contribution in [3.05, 3.63) is 34.9 Å². The van der Waals surface area contributed by atoms with Crippen LogP contribution in [-0.4, -0.2) is 37.6 Å². The second-order valence-corrected chi connectivity index (χ2v) is 7.04. The summed E-state index contributed by atoms with van der Waals surface area (Å²) < 4.78 is 0. The van der Waals surface area contributed by atoms with Crippen LogP contribution in [0.25, 0.3) is 0 Å². The Morgan fingerprint density at radius 1 is 1.20 bits per heavy atom. The van der Waals surface area contributed by atoms with Gasteiger partial charge in [-0.15, -0.1) is 0 Å². The van der Waals surface area contributed by atoms with Crippen molar-refractivity contribution in [3.8, 4) is 0 Å². The summed E-state index contributed by atoms with van der Waals surface area (Å²) in [4.78, 5) is 2.33. The summed E-state index contributed by atoms with van der Waals surface area (Å²) in [6, 6.07) is 9.62.